The molecule has 0 aliphatic carbocycles. The highest BCUT2D eigenvalue weighted by atomic mass is 35.5. The second-order valence-electron chi connectivity index (χ2n) is 4.76. The minimum atomic E-state index is 0.0914. The molecule has 4 nitrogen and oxygen atoms in total. The zero-order chi connectivity index (χ0) is 14.5. The molecule has 2 rings (SSSR count). The van der Waals surface area contributed by atoms with Gasteiger partial charge in [-0.05, 0) is 49.1 Å². The van der Waals surface area contributed by atoms with Crippen molar-refractivity contribution in [2.75, 3.05) is 0 Å². The Balaban J connectivity index is 2.10. The van der Waals surface area contributed by atoms with Crippen LogP contribution in [0, 0.1) is 0 Å². The average Bonchev–Trinajstić information content (AvgIpc) is 2.42. The fourth-order valence-corrected chi connectivity index (χ4v) is 2.11. The first kappa shape index (κ1) is 14.8. The van der Waals surface area contributed by atoms with E-state index in [4.69, 9.17) is 22.1 Å². The Morgan fingerprint density at radius 2 is 2.00 bits per heavy atom. The minimum Gasteiger partial charge on any atom is -0.424 e. The van der Waals surface area contributed by atoms with Crippen molar-refractivity contribution in [1.82, 2.24) is 9.97 Å². The first-order chi connectivity index (χ1) is 9.58. The van der Waals surface area contributed by atoms with E-state index in [0.717, 1.165) is 29.0 Å². The van der Waals surface area contributed by atoms with Gasteiger partial charge in [0.15, 0.2) is 0 Å². The fraction of sp³-hybridized carbons (Fsp3) is 0.333. The van der Waals surface area contributed by atoms with Crippen LogP contribution < -0.4 is 10.5 Å². The van der Waals surface area contributed by atoms with Crippen LogP contribution in [0.3, 0.4) is 0 Å². The summed E-state index contributed by atoms with van der Waals surface area (Å²) < 4.78 is 5.62. The van der Waals surface area contributed by atoms with E-state index in [9.17, 15) is 0 Å². The van der Waals surface area contributed by atoms with Crippen LogP contribution in [0.15, 0.2) is 30.6 Å². The van der Waals surface area contributed by atoms with Crippen LogP contribution in [0.1, 0.15) is 25.0 Å². The number of hydrogen-bond donors (Lipinski definition) is 1. The molecular weight excluding hydrogens is 274 g/mol. The van der Waals surface area contributed by atoms with Crippen molar-refractivity contribution in [1.29, 1.82) is 0 Å². The van der Waals surface area contributed by atoms with Crippen molar-refractivity contribution in [3.8, 4) is 11.8 Å². The Hall–Kier alpha value is -1.65. The monoisotopic (exact) mass is 291 g/mol. The topological polar surface area (TPSA) is 61.0 Å². The Morgan fingerprint density at radius 3 is 2.60 bits per heavy atom. The van der Waals surface area contributed by atoms with Gasteiger partial charge in [0.1, 0.15) is 5.75 Å². The molecule has 5 heteroatoms. The number of nitrogens with two attached hydrogens (primary N) is 1. The van der Waals surface area contributed by atoms with Crippen LogP contribution in [-0.2, 0) is 12.8 Å². The van der Waals surface area contributed by atoms with Gasteiger partial charge in [-0.3, -0.25) is 0 Å². The normalized spacial score (nSPS) is 12.2. The number of nitrogens with zero attached hydrogens (tertiary/aromatic N) is 2. The number of ether oxygens (including phenoxy) is 1. The molecule has 1 aromatic heterocycles. The van der Waals surface area contributed by atoms with Crippen LogP contribution in [-0.4, -0.2) is 16.0 Å². The number of benzene rings is 1. The Kier molecular flexibility index (Phi) is 4.93. The molecule has 0 saturated heterocycles. The molecule has 0 spiro atoms. The van der Waals surface area contributed by atoms with Crippen LogP contribution in [0.4, 0.5) is 0 Å². The molecule has 1 unspecified atom stereocenters. The van der Waals surface area contributed by atoms with Crippen molar-refractivity contribution in [2.24, 2.45) is 5.73 Å². The maximum atomic E-state index is 6.07. The zero-order valence-electron chi connectivity index (χ0n) is 11.6. The maximum absolute atomic E-state index is 6.07. The van der Waals surface area contributed by atoms with Crippen molar-refractivity contribution in [3.63, 3.8) is 0 Å². The summed E-state index contributed by atoms with van der Waals surface area (Å²) in [6.45, 7) is 3.99. The van der Waals surface area contributed by atoms with E-state index in [0.29, 0.717) is 11.8 Å². The Bertz CT molecular complexity index is 570. The summed E-state index contributed by atoms with van der Waals surface area (Å²) in [7, 11) is 0. The molecule has 0 aliphatic heterocycles. The largest absolute Gasteiger partial charge is 0.424 e. The number of aryl methyl sites for hydroxylation is 1. The van der Waals surface area contributed by atoms with Gasteiger partial charge in [0.25, 0.3) is 0 Å². The summed E-state index contributed by atoms with van der Waals surface area (Å²) in [4.78, 5) is 8.37. The molecular formula is C15H18ClN3O. The quantitative estimate of drug-likeness (QED) is 0.917. The Morgan fingerprint density at radius 1 is 1.30 bits per heavy atom. The molecule has 106 valence electrons. The first-order valence-electron chi connectivity index (χ1n) is 6.61. The average molecular weight is 292 g/mol. The minimum absolute atomic E-state index is 0.0914. The lowest BCUT2D eigenvalue weighted by atomic mass is 10.1. The molecule has 0 radical (unpaired) electrons. The van der Waals surface area contributed by atoms with Crippen LogP contribution in [0.5, 0.6) is 11.8 Å². The lowest BCUT2D eigenvalue weighted by Crippen LogP contribution is -2.17. The van der Waals surface area contributed by atoms with Gasteiger partial charge in [-0.25, -0.2) is 9.97 Å². The van der Waals surface area contributed by atoms with Gasteiger partial charge in [0.2, 0.25) is 0 Å². The van der Waals surface area contributed by atoms with E-state index in [-0.39, 0.29) is 6.04 Å². The lowest BCUT2D eigenvalue weighted by molar-refractivity contribution is 0.440. The van der Waals surface area contributed by atoms with Crippen molar-refractivity contribution in [3.05, 3.63) is 46.7 Å². The molecule has 1 aromatic carbocycles. The smallest absolute Gasteiger partial charge is 0.321 e. The van der Waals surface area contributed by atoms with Crippen LogP contribution >= 0.6 is 11.6 Å². The van der Waals surface area contributed by atoms with E-state index in [1.165, 1.54) is 0 Å². The number of halogens is 1. The van der Waals surface area contributed by atoms with Crippen molar-refractivity contribution in [2.45, 2.75) is 32.7 Å². The number of hydrogen-bond acceptors (Lipinski definition) is 4. The fourth-order valence-electron chi connectivity index (χ4n) is 1.86. The van der Waals surface area contributed by atoms with Gasteiger partial charge in [0, 0.05) is 23.5 Å². The van der Waals surface area contributed by atoms with E-state index >= 15 is 0 Å². The van der Waals surface area contributed by atoms with Crippen molar-refractivity contribution >= 4 is 11.6 Å². The van der Waals surface area contributed by atoms with E-state index in [1.807, 2.05) is 26.0 Å². The van der Waals surface area contributed by atoms with Crippen molar-refractivity contribution < 1.29 is 4.74 Å². The van der Waals surface area contributed by atoms with Gasteiger partial charge in [-0.1, -0.05) is 18.5 Å². The molecule has 0 saturated carbocycles. The Labute approximate surface area is 124 Å². The van der Waals surface area contributed by atoms with Gasteiger partial charge < -0.3 is 10.5 Å². The van der Waals surface area contributed by atoms with E-state index < -0.39 is 0 Å². The summed E-state index contributed by atoms with van der Waals surface area (Å²) in [5.74, 6) is 0.686. The van der Waals surface area contributed by atoms with Gasteiger partial charge in [0.05, 0.1) is 0 Å². The number of rotatable bonds is 5. The van der Waals surface area contributed by atoms with Gasteiger partial charge >= 0.3 is 6.01 Å². The molecule has 0 aliphatic rings. The third-order valence-corrected chi connectivity index (χ3v) is 3.22. The summed E-state index contributed by atoms with van der Waals surface area (Å²) in [6, 6.07) is 5.94. The summed E-state index contributed by atoms with van der Waals surface area (Å²) in [5, 5.41) is 0.744. The highest BCUT2D eigenvalue weighted by molar-refractivity contribution is 6.31. The summed E-state index contributed by atoms with van der Waals surface area (Å²) in [6.07, 6.45) is 5.08. The predicted octanol–water partition coefficient (Wildman–Crippen LogP) is 3.37. The second-order valence-corrected chi connectivity index (χ2v) is 5.17. The lowest BCUT2D eigenvalue weighted by Gasteiger charge is -2.08. The predicted molar refractivity (Wildman–Crippen MR) is 80.3 cm³/mol. The van der Waals surface area contributed by atoms with Crippen LogP contribution in [0.25, 0.3) is 0 Å². The third-order valence-electron chi connectivity index (χ3n) is 2.85. The molecule has 1 atom stereocenters. The first-order valence-corrected chi connectivity index (χ1v) is 6.99. The molecule has 1 heterocycles. The van der Waals surface area contributed by atoms with Gasteiger partial charge in [-0.15, -0.1) is 0 Å². The highest BCUT2D eigenvalue weighted by Gasteiger charge is 2.05. The molecule has 0 bridgehead atoms. The number of aromatic nitrogens is 2. The summed E-state index contributed by atoms with van der Waals surface area (Å²) in [5.41, 5.74) is 7.77. The molecule has 0 amide bonds. The molecule has 20 heavy (non-hydrogen) atoms. The zero-order valence-corrected chi connectivity index (χ0v) is 12.4. The highest BCUT2D eigenvalue weighted by Crippen LogP contribution is 2.25. The van der Waals surface area contributed by atoms with E-state index in [1.54, 1.807) is 18.5 Å². The van der Waals surface area contributed by atoms with Gasteiger partial charge in [-0.2, -0.15) is 0 Å². The second kappa shape index (κ2) is 6.68. The van der Waals surface area contributed by atoms with E-state index in [2.05, 4.69) is 9.97 Å². The van der Waals surface area contributed by atoms with Crippen LogP contribution in [0.2, 0.25) is 5.02 Å². The third kappa shape index (κ3) is 3.92. The summed E-state index contributed by atoms with van der Waals surface area (Å²) >= 11 is 6.07. The molecule has 0 fully saturated rings. The molecule has 2 N–H and O–H groups in total. The standard InChI is InChI=1S/C15H18ClN3O/c1-3-12-7-13(4-5-14(12)16)20-15-18-8-11(9-19-15)6-10(2)17/h4-5,7-10H,3,6,17H2,1-2H3. The molecule has 2 aromatic rings. The maximum Gasteiger partial charge on any atom is 0.321 e. The SMILES string of the molecule is CCc1cc(Oc2ncc(CC(C)N)cn2)ccc1Cl.